The van der Waals surface area contributed by atoms with E-state index in [1.165, 1.54) is 0 Å². The zero-order chi connectivity index (χ0) is 12.1. The second kappa shape index (κ2) is 5.70. The summed E-state index contributed by atoms with van der Waals surface area (Å²) >= 11 is 0. The molecule has 0 aliphatic heterocycles. The lowest BCUT2D eigenvalue weighted by Gasteiger charge is -2.22. The molecule has 0 spiro atoms. The van der Waals surface area contributed by atoms with Crippen LogP contribution >= 0.6 is 0 Å². The number of aliphatic hydroxyl groups excluding tert-OH is 1. The average molecular weight is 223 g/mol. The maximum Gasteiger partial charge on any atom is 0.126 e. The normalized spacial score (nSPS) is 12.8. The van der Waals surface area contributed by atoms with Gasteiger partial charge < -0.3 is 16.2 Å². The fourth-order valence-electron chi connectivity index (χ4n) is 1.55. The number of aryl methyl sites for hydroxylation is 1. The Labute approximate surface area is 96.9 Å². The van der Waals surface area contributed by atoms with Gasteiger partial charge in [0.05, 0.1) is 11.4 Å². The van der Waals surface area contributed by atoms with Crippen molar-refractivity contribution in [2.45, 2.75) is 33.2 Å². The Morgan fingerprint density at radius 2 is 2.12 bits per heavy atom. The fraction of sp³-hybridized carbons (Fsp3) is 0.583. The first-order valence-corrected chi connectivity index (χ1v) is 5.65. The fourth-order valence-corrected chi connectivity index (χ4v) is 1.55. The van der Waals surface area contributed by atoms with Gasteiger partial charge in [0.25, 0.3) is 0 Å². The first-order valence-electron chi connectivity index (χ1n) is 5.65. The molecule has 1 heterocycles. The van der Waals surface area contributed by atoms with Gasteiger partial charge in [-0.05, 0) is 31.4 Å². The molecule has 0 aromatic carbocycles. The van der Waals surface area contributed by atoms with Crippen molar-refractivity contribution in [1.82, 2.24) is 4.98 Å². The van der Waals surface area contributed by atoms with Crippen LogP contribution < -0.4 is 11.1 Å². The average Bonchev–Trinajstić information content (AvgIpc) is 2.22. The Hall–Kier alpha value is -1.29. The van der Waals surface area contributed by atoms with E-state index in [9.17, 15) is 0 Å². The summed E-state index contributed by atoms with van der Waals surface area (Å²) in [7, 11) is 0. The summed E-state index contributed by atoms with van der Waals surface area (Å²) in [6, 6.07) is 3.95. The molecule has 0 bridgehead atoms. The zero-order valence-corrected chi connectivity index (χ0v) is 10.2. The summed E-state index contributed by atoms with van der Waals surface area (Å²) in [5.74, 6) is 1.27. The van der Waals surface area contributed by atoms with E-state index in [1.54, 1.807) is 0 Å². The summed E-state index contributed by atoms with van der Waals surface area (Å²) in [5, 5.41) is 12.3. The Bertz CT molecular complexity index is 339. The van der Waals surface area contributed by atoms with Gasteiger partial charge in [-0.3, -0.25) is 0 Å². The predicted molar refractivity (Wildman–Crippen MR) is 67.3 cm³/mol. The van der Waals surface area contributed by atoms with Gasteiger partial charge in [-0.2, -0.15) is 0 Å². The first-order chi connectivity index (χ1) is 7.54. The van der Waals surface area contributed by atoms with Crippen LogP contribution in [0, 0.1) is 12.8 Å². The number of pyridine rings is 1. The second-order valence-corrected chi connectivity index (χ2v) is 4.38. The molecule has 4 nitrogen and oxygen atoms in total. The van der Waals surface area contributed by atoms with Gasteiger partial charge in [-0.1, -0.05) is 13.8 Å². The minimum atomic E-state index is 0.184. The largest absolute Gasteiger partial charge is 0.397 e. The molecule has 1 aromatic rings. The molecule has 0 aliphatic carbocycles. The molecule has 0 amide bonds. The van der Waals surface area contributed by atoms with Crippen LogP contribution in [0.2, 0.25) is 0 Å². The number of anilines is 2. The van der Waals surface area contributed by atoms with Crippen molar-refractivity contribution in [2.75, 3.05) is 17.7 Å². The number of aliphatic hydroxyl groups is 1. The number of hydrogen-bond donors (Lipinski definition) is 3. The van der Waals surface area contributed by atoms with E-state index in [2.05, 4.69) is 24.1 Å². The van der Waals surface area contributed by atoms with Crippen LogP contribution in [0.15, 0.2) is 12.1 Å². The van der Waals surface area contributed by atoms with Gasteiger partial charge in [0, 0.05) is 12.6 Å². The summed E-state index contributed by atoms with van der Waals surface area (Å²) in [4.78, 5) is 4.36. The molecule has 0 saturated carbocycles. The van der Waals surface area contributed by atoms with Crippen LogP contribution in [0.4, 0.5) is 11.5 Å². The highest BCUT2D eigenvalue weighted by molar-refractivity contribution is 5.49. The summed E-state index contributed by atoms with van der Waals surface area (Å²) < 4.78 is 0. The maximum atomic E-state index is 8.98. The van der Waals surface area contributed by atoms with Crippen molar-refractivity contribution in [3.8, 4) is 0 Å². The van der Waals surface area contributed by atoms with Crippen molar-refractivity contribution >= 4 is 11.5 Å². The smallest absolute Gasteiger partial charge is 0.126 e. The molecular formula is C12H21N3O. The zero-order valence-electron chi connectivity index (χ0n) is 10.2. The third-order valence-electron chi connectivity index (χ3n) is 2.70. The molecule has 16 heavy (non-hydrogen) atoms. The van der Waals surface area contributed by atoms with Gasteiger partial charge in [0.2, 0.25) is 0 Å². The Kier molecular flexibility index (Phi) is 4.55. The van der Waals surface area contributed by atoms with Crippen molar-refractivity contribution in [3.63, 3.8) is 0 Å². The molecule has 1 aromatic heterocycles. The lowest BCUT2D eigenvalue weighted by molar-refractivity contribution is 0.267. The topological polar surface area (TPSA) is 71.2 Å². The summed E-state index contributed by atoms with van der Waals surface area (Å²) in [5.41, 5.74) is 7.24. The highest BCUT2D eigenvalue weighted by Crippen LogP contribution is 2.16. The standard InChI is InChI=1S/C12H21N3O/c1-8(2)11(6-7-16)15-12-5-4-10(13)9(3)14-12/h4-5,8,11,16H,6-7,13H2,1-3H3,(H,14,15). The van der Waals surface area contributed by atoms with Gasteiger partial charge in [-0.25, -0.2) is 4.98 Å². The minimum Gasteiger partial charge on any atom is -0.397 e. The minimum absolute atomic E-state index is 0.184. The van der Waals surface area contributed by atoms with E-state index in [-0.39, 0.29) is 12.6 Å². The Balaban J connectivity index is 2.73. The molecule has 4 N–H and O–H groups in total. The number of rotatable bonds is 5. The molecule has 1 rings (SSSR count). The van der Waals surface area contributed by atoms with E-state index in [1.807, 2.05) is 19.1 Å². The van der Waals surface area contributed by atoms with Crippen molar-refractivity contribution in [1.29, 1.82) is 0 Å². The highest BCUT2D eigenvalue weighted by Gasteiger charge is 2.13. The monoisotopic (exact) mass is 223 g/mol. The molecule has 0 saturated heterocycles. The molecular weight excluding hydrogens is 202 g/mol. The third kappa shape index (κ3) is 3.38. The molecule has 4 heteroatoms. The second-order valence-electron chi connectivity index (χ2n) is 4.38. The van der Waals surface area contributed by atoms with Crippen LogP contribution in [-0.4, -0.2) is 22.7 Å². The van der Waals surface area contributed by atoms with Crippen molar-refractivity contribution < 1.29 is 5.11 Å². The SMILES string of the molecule is Cc1nc(NC(CCO)C(C)C)ccc1N. The van der Waals surface area contributed by atoms with Crippen LogP contribution in [0.5, 0.6) is 0 Å². The third-order valence-corrected chi connectivity index (χ3v) is 2.70. The van der Waals surface area contributed by atoms with Gasteiger partial charge >= 0.3 is 0 Å². The number of nitrogens with two attached hydrogens (primary N) is 1. The first kappa shape index (κ1) is 12.8. The predicted octanol–water partition coefficient (Wildman–Crippen LogP) is 1.79. The number of nitrogen functional groups attached to an aromatic ring is 1. The molecule has 0 fully saturated rings. The van der Waals surface area contributed by atoms with Gasteiger partial charge in [0.15, 0.2) is 0 Å². The highest BCUT2D eigenvalue weighted by atomic mass is 16.3. The van der Waals surface area contributed by atoms with Gasteiger partial charge in [-0.15, -0.1) is 0 Å². The Morgan fingerprint density at radius 1 is 1.44 bits per heavy atom. The van der Waals surface area contributed by atoms with E-state index in [0.29, 0.717) is 11.6 Å². The quantitative estimate of drug-likeness (QED) is 0.711. The van der Waals surface area contributed by atoms with E-state index in [4.69, 9.17) is 10.8 Å². The van der Waals surface area contributed by atoms with E-state index < -0.39 is 0 Å². The van der Waals surface area contributed by atoms with Crippen LogP contribution in [0.1, 0.15) is 26.0 Å². The van der Waals surface area contributed by atoms with Crippen LogP contribution in [-0.2, 0) is 0 Å². The van der Waals surface area contributed by atoms with Crippen LogP contribution in [0.25, 0.3) is 0 Å². The summed E-state index contributed by atoms with van der Waals surface area (Å²) in [6.45, 7) is 6.32. The number of nitrogens with zero attached hydrogens (tertiary/aromatic N) is 1. The molecule has 90 valence electrons. The number of nitrogens with one attached hydrogen (secondary N) is 1. The molecule has 0 aliphatic rings. The lowest BCUT2D eigenvalue weighted by Crippen LogP contribution is -2.27. The number of aromatic nitrogens is 1. The molecule has 0 radical (unpaired) electrons. The molecule has 1 atom stereocenters. The Morgan fingerprint density at radius 3 is 2.62 bits per heavy atom. The van der Waals surface area contributed by atoms with Crippen LogP contribution in [0.3, 0.4) is 0 Å². The lowest BCUT2D eigenvalue weighted by atomic mass is 10.0. The van der Waals surface area contributed by atoms with Crippen molar-refractivity contribution in [3.05, 3.63) is 17.8 Å². The molecule has 1 unspecified atom stereocenters. The van der Waals surface area contributed by atoms with Crippen molar-refractivity contribution in [2.24, 2.45) is 5.92 Å². The van der Waals surface area contributed by atoms with Gasteiger partial charge in [0.1, 0.15) is 5.82 Å². The number of hydrogen-bond acceptors (Lipinski definition) is 4. The van der Waals surface area contributed by atoms with E-state index in [0.717, 1.165) is 17.9 Å². The maximum absolute atomic E-state index is 8.98. The summed E-state index contributed by atoms with van der Waals surface area (Å²) in [6.07, 6.45) is 0.725. The van der Waals surface area contributed by atoms with E-state index >= 15 is 0 Å².